The van der Waals surface area contributed by atoms with Crippen LogP contribution in [0.2, 0.25) is 10.0 Å². The maximum atomic E-state index is 12.9. The van der Waals surface area contributed by atoms with Crippen LogP contribution in [0.3, 0.4) is 0 Å². The van der Waals surface area contributed by atoms with Crippen LogP contribution < -0.4 is 0 Å². The molecule has 2 aliphatic rings. The molecule has 124 valence electrons. The maximum Gasteiger partial charge on any atom is 0.256 e. The summed E-state index contributed by atoms with van der Waals surface area (Å²) in [5.74, 6) is 0.0214. The normalized spacial score (nSPS) is 20.7. The Bertz CT molecular complexity index is 778. The van der Waals surface area contributed by atoms with Gasteiger partial charge < -0.3 is 4.90 Å². The molecule has 0 saturated carbocycles. The van der Waals surface area contributed by atoms with E-state index in [1.54, 1.807) is 6.07 Å². The summed E-state index contributed by atoms with van der Waals surface area (Å²) in [5, 5.41) is 0.842. The number of halogens is 2. The van der Waals surface area contributed by atoms with Crippen LogP contribution in [0.5, 0.6) is 0 Å². The molecule has 0 aromatic heterocycles. The lowest BCUT2D eigenvalue weighted by Crippen LogP contribution is -2.57. The number of piperazine rings is 1. The van der Waals surface area contributed by atoms with Gasteiger partial charge in [0.2, 0.25) is 0 Å². The molecule has 1 atom stereocenters. The lowest BCUT2D eigenvalue weighted by molar-refractivity contribution is 0.0402. The third kappa shape index (κ3) is 2.81. The Morgan fingerprint density at radius 3 is 2.62 bits per heavy atom. The van der Waals surface area contributed by atoms with Gasteiger partial charge in [0.15, 0.2) is 0 Å². The lowest BCUT2D eigenvalue weighted by atomic mass is 9.91. The van der Waals surface area contributed by atoms with Crippen LogP contribution in [0.15, 0.2) is 42.5 Å². The molecule has 2 aromatic rings. The first-order valence-electron chi connectivity index (χ1n) is 8.17. The number of benzene rings is 2. The summed E-state index contributed by atoms with van der Waals surface area (Å²) in [4.78, 5) is 17.2. The van der Waals surface area contributed by atoms with E-state index in [0.29, 0.717) is 15.6 Å². The third-order valence-electron chi connectivity index (χ3n) is 4.93. The Morgan fingerprint density at radius 1 is 1.04 bits per heavy atom. The van der Waals surface area contributed by atoms with Crippen molar-refractivity contribution < 1.29 is 4.79 Å². The Labute approximate surface area is 151 Å². The largest absolute Gasteiger partial charge is 0.333 e. The Hall–Kier alpha value is -1.55. The average Bonchev–Trinajstić information content (AvgIpc) is 2.59. The summed E-state index contributed by atoms with van der Waals surface area (Å²) in [6, 6.07) is 14.4. The van der Waals surface area contributed by atoms with E-state index in [-0.39, 0.29) is 11.9 Å². The zero-order valence-electron chi connectivity index (χ0n) is 13.2. The van der Waals surface area contributed by atoms with Crippen LogP contribution in [-0.4, -0.2) is 41.4 Å². The smallest absolute Gasteiger partial charge is 0.256 e. The van der Waals surface area contributed by atoms with Gasteiger partial charge in [-0.25, -0.2) is 0 Å². The van der Waals surface area contributed by atoms with Crippen molar-refractivity contribution in [2.75, 3.05) is 19.6 Å². The molecule has 1 unspecified atom stereocenters. The van der Waals surface area contributed by atoms with Gasteiger partial charge in [0, 0.05) is 32.2 Å². The molecular weight excluding hydrogens is 343 g/mol. The highest BCUT2D eigenvalue weighted by atomic mass is 35.5. The van der Waals surface area contributed by atoms with Crippen LogP contribution in [-0.2, 0) is 13.0 Å². The zero-order chi connectivity index (χ0) is 16.7. The quantitative estimate of drug-likeness (QED) is 0.811. The number of rotatable bonds is 2. The standard InChI is InChI=1S/C19H18Cl2N2O/c20-16-7-6-14-10-15-12-22(11-13-4-2-1-3-5-13)8-9-23(15)19(24)17(14)18(16)21/h1-7,15H,8-12H2. The third-order valence-corrected chi connectivity index (χ3v) is 5.73. The molecule has 3 nitrogen and oxygen atoms in total. The maximum absolute atomic E-state index is 12.9. The highest BCUT2D eigenvalue weighted by Gasteiger charge is 2.37. The summed E-state index contributed by atoms with van der Waals surface area (Å²) in [5.41, 5.74) is 2.91. The van der Waals surface area contributed by atoms with E-state index in [9.17, 15) is 4.79 Å². The monoisotopic (exact) mass is 360 g/mol. The van der Waals surface area contributed by atoms with Crippen molar-refractivity contribution in [2.24, 2.45) is 0 Å². The molecule has 2 aliphatic heterocycles. The van der Waals surface area contributed by atoms with Gasteiger partial charge in [-0.1, -0.05) is 59.6 Å². The van der Waals surface area contributed by atoms with E-state index in [1.807, 2.05) is 17.0 Å². The molecule has 0 aliphatic carbocycles. The van der Waals surface area contributed by atoms with E-state index in [0.717, 1.165) is 38.2 Å². The van der Waals surface area contributed by atoms with Gasteiger partial charge in [-0.15, -0.1) is 0 Å². The molecule has 2 heterocycles. The van der Waals surface area contributed by atoms with Crippen molar-refractivity contribution in [3.05, 3.63) is 69.2 Å². The highest BCUT2D eigenvalue weighted by Crippen LogP contribution is 2.35. The van der Waals surface area contributed by atoms with E-state index < -0.39 is 0 Å². The molecule has 1 amide bonds. The molecule has 4 rings (SSSR count). The van der Waals surface area contributed by atoms with Gasteiger partial charge >= 0.3 is 0 Å². The Balaban J connectivity index is 1.55. The summed E-state index contributed by atoms with van der Waals surface area (Å²) in [7, 11) is 0. The second-order valence-electron chi connectivity index (χ2n) is 6.47. The van der Waals surface area contributed by atoms with Crippen molar-refractivity contribution >= 4 is 29.1 Å². The number of amides is 1. The molecule has 0 spiro atoms. The van der Waals surface area contributed by atoms with Crippen molar-refractivity contribution in [1.82, 2.24) is 9.80 Å². The number of hydrogen-bond donors (Lipinski definition) is 0. The fraction of sp³-hybridized carbons (Fsp3) is 0.316. The molecule has 0 N–H and O–H groups in total. The van der Waals surface area contributed by atoms with E-state index in [1.165, 1.54) is 5.56 Å². The summed E-state index contributed by atoms with van der Waals surface area (Å²) >= 11 is 12.4. The SMILES string of the molecule is O=C1c2c(ccc(Cl)c2Cl)CC2CN(Cc3ccccc3)CCN12. The van der Waals surface area contributed by atoms with E-state index in [4.69, 9.17) is 23.2 Å². The minimum Gasteiger partial charge on any atom is -0.333 e. The van der Waals surface area contributed by atoms with E-state index >= 15 is 0 Å². The van der Waals surface area contributed by atoms with Gasteiger partial charge in [-0.3, -0.25) is 9.69 Å². The minimum atomic E-state index is 0.0214. The topological polar surface area (TPSA) is 23.6 Å². The number of carbonyl (C=O) groups is 1. The van der Waals surface area contributed by atoms with Crippen LogP contribution in [0.1, 0.15) is 21.5 Å². The van der Waals surface area contributed by atoms with E-state index in [2.05, 4.69) is 29.2 Å². The number of hydrogen-bond acceptors (Lipinski definition) is 2. The minimum absolute atomic E-state index is 0.0214. The molecule has 1 saturated heterocycles. The fourth-order valence-corrected chi connectivity index (χ4v) is 4.16. The summed E-state index contributed by atoms with van der Waals surface area (Å²) < 4.78 is 0. The van der Waals surface area contributed by atoms with Crippen molar-refractivity contribution in [3.8, 4) is 0 Å². The predicted molar refractivity (Wildman–Crippen MR) is 96.7 cm³/mol. The highest BCUT2D eigenvalue weighted by molar-refractivity contribution is 6.44. The number of fused-ring (bicyclic) bond motifs is 2. The molecule has 1 fully saturated rings. The molecule has 0 radical (unpaired) electrons. The first kappa shape index (κ1) is 15.9. The van der Waals surface area contributed by atoms with Crippen LogP contribution >= 0.6 is 23.2 Å². The van der Waals surface area contributed by atoms with Crippen LogP contribution in [0, 0.1) is 0 Å². The molecule has 24 heavy (non-hydrogen) atoms. The lowest BCUT2D eigenvalue weighted by Gasteiger charge is -2.44. The first-order chi connectivity index (χ1) is 11.6. The van der Waals surface area contributed by atoms with Crippen molar-refractivity contribution in [3.63, 3.8) is 0 Å². The van der Waals surface area contributed by atoms with Gasteiger partial charge in [-0.2, -0.15) is 0 Å². The number of nitrogens with zero attached hydrogens (tertiary/aromatic N) is 2. The van der Waals surface area contributed by atoms with Crippen LogP contribution in [0.25, 0.3) is 0 Å². The van der Waals surface area contributed by atoms with Gasteiger partial charge in [-0.05, 0) is 23.6 Å². The Morgan fingerprint density at radius 2 is 1.83 bits per heavy atom. The van der Waals surface area contributed by atoms with Crippen molar-refractivity contribution in [1.29, 1.82) is 0 Å². The number of carbonyl (C=O) groups excluding carboxylic acids is 1. The predicted octanol–water partition coefficient (Wildman–Crippen LogP) is 3.88. The molecular formula is C19H18Cl2N2O. The first-order valence-corrected chi connectivity index (χ1v) is 8.93. The average molecular weight is 361 g/mol. The van der Waals surface area contributed by atoms with Crippen molar-refractivity contribution in [2.45, 2.75) is 19.0 Å². The van der Waals surface area contributed by atoms with Gasteiger partial charge in [0.05, 0.1) is 15.6 Å². The summed E-state index contributed by atoms with van der Waals surface area (Å²) in [6.07, 6.45) is 0.837. The molecule has 0 bridgehead atoms. The second-order valence-corrected chi connectivity index (χ2v) is 7.26. The zero-order valence-corrected chi connectivity index (χ0v) is 14.7. The Kier molecular flexibility index (Phi) is 4.25. The summed E-state index contributed by atoms with van der Waals surface area (Å²) in [6.45, 7) is 3.43. The second kappa shape index (κ2) is 6.40. The molecule has 5 heteroatoms. The van der Waals surface area contributed by atoms with Crippen LogP contribution in [0.4, 0.5) is 0 Å². The van der Waals surface area contributed by atoms with Gasteiger partial charge in [0.25, 0.3) is 5.91 Å². The van der Waals surface area contributed by atoms with Gasteiger partial charge in [0.1, 0.15) is 0 Å². The molecule has 2 aromatic carbocycles. The fourth-order valence-electron chi connectivity index (χ4n) is 3.74.